The first-order valence-corrected chi connectivity index (χ1v) is 6.79. The predicted octanol–water partition coefficient (Wildman–Crippen LogP) is 4.86. The Balaban J connectivity index is 2.09. The number of para-hydroxylation sites is 1. The number of benzene rings is 2. The number of nitrogens with zero attached hydrogens (tertiary/aromatic N) is 2. The molecule has 0 aliphatic carbocycles. The molecule has 2 aromatic carbocycles. The maximum atomic E-state index is 9.27. The summed E-state index contributed by atoms with van der Waals surface area (Å²) in [5.41, 5.74) is 2.22. The highest BCUT2D eigenvalue weighted by atomic mass is 35.5. The number of pyridine rings is 1. The van der Waals surface area contributed by atoms with E-state index in [2.05, 4.69) is 11.1 Å². The molecule has 102 valence electrons. The van der Waals surface area contributed by atoms with Gasteiger partial charge in [-0.25, -0.2) is 4.98 Å². The van der Waals surface area contributed by atoms with Gasteiger partial charge in [-0.2, -0.15) is 5.26 Å². The molecule has 3 aromatic rings. The molecule has 0 unspecified atom stereocenters. The molecule has 0 bridgehead atoms. The van der Waals surface area contributed by atoms with Crippen LogP contribution in [0, 0.1) is 18.3 Å². The van der Waals surface area contributed by atoms with E-state index in [0.717, 1.165) is 16.5 Å². The van der Waals surface area contributed by atoms with Gasteiger partial charge in [-0.1, -0.05) is 35.9 Å². The van der Waals surface area contributed by atoms with Crippen LogP contribution in [0.2, 0.25) is 5.02 Å². The number of hydrogen-bond acceptors (Lipinski definition) is 3. The second kappa shape index (κ2) is 5.43. The molecule has 1 heterocycles. The molecule has 0 N–H and O–H groups in total. The normalized spacial score (nSPS) is 10.3. The van der Waals surface area contributed by atoms with Crippen LogP contribution in [-0.4, -0.2) is 4.98 Å². The predicted molar refractivity (Wildman–Crippen MR) is 82.7 cm³/mol. The van der Waals surface area contributed by atoms with Crippen LogP contribution in [0.4, 0.5) is 0 Å². The van der Waals surface area contributed by atoms with E-state index >= 15 is 0 Å². The fourth-order valence-corrected chi connectivity index (χ4v) is 2.25. The molecule has 0 atom stereocenters. The van der Waals surface area contributed by atoms with Gasteiger partial charge in [0.15, 0.2) is 0 Å². The minimum atomic E-state index is 0.385. The van der Waals surface area contributed by atoms with Gasteiger partial charge in [-0.15, -0.1) is 0 Å². The van der Waals surface area contributed by atoms with E-state index in [1.807, 2.05) is 37.3 Å². The lowest BCUT2D eigenvalue weighted by Gasteiger charge is -2.09. The first kappa shape index (κ1) is 13.4. The number of fused-ring (bicyclic) bond motifs is 1. The average molecular weight is 295 g/mol. The van der Waals surface area contributed by atoms with Gasteiger partial charge in [-0.05, 0) is 30.7 Å². The third kappa shape index (κ3) is 2.67. The van der Waals surface area contributed by atoms with E-state index in [1.165, 1.54) is 0 Å². The molecule has 0 saturated carbocycles. The fourth-order valence-electron chi connectivity index (χ4n) is 2.09. The number of rotatable bonds is 2. The van der Waals surface area contributed by atoms with Crippen LogP contribution >= 0.6 is 11.6 Å². The zero-order valence-electron chi connectivity index (χ0n) is 11.3. The summed E-state index contributed by atoms with van der Waals surface area (Å²) in [4.78, 5) is 4.43. The summed E-state index contributed by atoms with van der Waals surface area (Å²) in [7, 11) is 0. The molecule has 0 amide bonds. The van der Waals surface area contributed by atoms with Crippen molar-refractivity contribution >= 4 is 22.5 Å². The number of ether oxygens (including phenoxy) is 1. The van der Waals surface area contributed by atoms with Gasteiger partial charge in [0, 0.05) is 16.5 Å². The smallest absolute Gasteiger partial charge is 0.221 e. The van der Waals surface area contributed by atoms with Crippen molar-refractivity contribution in [1.29, 1.82) is 5.26 Å². The Morgan fingerprint density at radius 1 is 1.14 bits per heavy atom. The topological polar surface area (TPSA) is 45.9 Å². The average Bonchev–Trinajstić information content (AvgIpc) is 2.50. The highest BCUT2D eigenvalue weighted by molar-refractivity contribution is 6.30. The molecule has 1 aromatic heterocycles. The van der Waals surface area contributed by atoms with Crippen LogP contribution in [-0.2, 0) is 0 Å². The Morgan fingerprint density at radius 2 is 1.95 bits per heavy atom. The van der Waals surface area contributed by atoms with Gasteiger partial charge < -0.3 is 4.74 Å². The quantitative estimate of drug-likeness (QED) is 0.678. The third-order valence-corrected chi connectivity index (χ3v) is 3.41. The highest BCUT2D eigenvalue weighted by Gasteiger charge is 2.08. The number of aromatic nitrogens is 1. The number of nitriles is 1. The monoisotopic (exact) mass is 294 g/mol. The fraction of sp³-hybridized carbons (Fsp3) is 0.0588. The molecule has 3 nitrogen and oxygen atoms in total. The van der Waals surface area contributed by atoms with Crippen molar-refractivity contribution in [2.24, 2.45) is 0 Å². The van der Waals surface area contributed by atoms with Crippen LogP contribution in [0.5, 0.6) is 11.6 Å². The first-order valence-electron chi connectivity index (χ1n) is 6.41. The molecule has 0 radical (unpaired) electrons. The van der Waals surface area contributed by atoms with Gasteiger partial charge in [0.1, 0.15) is 11.8 Å². The van der Waals surface area contributed by atoms with Crippen LogP contribution < -0.4 is 4.74 Å². The molecule has 0 saturated heterocycles. The van der Waals surface area contributed by atoms with Crippen molar-refractivity contribution in [3.8, 4) is 17.7 Å². The number of halogens is 1. The molecule has 0 spiro atoms. The molecule has 4 heteroatoms. The maximum Gasteiger partial charge on any atom is 0.221 e. The minimum absolute atomic E-state index is 0.385. The van der Waals surface area contributed by atoms with E-state index < -0.39 is 0 Å². The zero-order chi connectivity index (χ0) is 14.8. The molecule has 3 rings (SSSR count). The summed E-state index contributed by atoms with van der Waals surface area (Å²) in [5.74, 6) is 1.02. The summed E-state index contributed by atoms with van der Waals surface area (Å²) in [6.07, 6.45) is 0. The standard InChI is InChI=1S/C17H11ClN2O/c1-11-6-7-13(18)9-16(11)21-17-8-12(10-19)14-4-2-3-5-15(14)20-17/h2-9H,1H3. The van der Waals surface area contributed by atoms with Crippen LogP contribution in [0.25, 0.3) is 10.9 Å². The second-order valence-electron chi connectivity index (χ2n) is 4.65. The van der Waals surface area contributed by atoms with E-state index in [9.17, 15) is 5.26 Å². The van der Waals surface area contributed by atoms with Gasteiger partial charge in [0.05, 0.1) is 11.1 Å². The lowest BCUT2D eigenvalue weighted by molar-refractivity contribution is 0.461. The maximum absolute atomic E-state index is 9.27. The largest absolute Gasteiger partial charge is 0.439 e. The van der Waals surface area contributed by atoms with Crippen molar-refractivity contribution < 1.29 is 4.74 Å². The van der Waals surface area contributed by atoms with Gasteiger partial charge in [0.2, 0.25) is 5.88 Å². The second-order valence-corrected chi connectivity index (χ2v) is 5.09. The van der Waals surface area contributed by atoms with E-state index in [1.54, 1.807) is 18.2 Å². The summed E-state index contributed by atoms with van der Waals surface area (Å²) < 4.78 is 5.79. The molecule has 0 aliphatic rings. The Hall–Kier alpha value is -2.57. The Bertz CT molecular complexity index is 868. The molecule has 0 aliphatic heterocycles. The van der Waals surface area contributed by atoms with Crippen molar-refractivity contribution in [3.63, 3.8) is 0 Å². The van der Waals surface area contributed by atoms with Crippen LogP contribution in [0.1, 0.15) is 11.1 Å². The lowest BCUT2D eigenvalue weighted by atomic mass is 10.1. The SMILES string of the molecule is Cc1ccc(Cl)cc1Oc1cc(C#N)c2ccccc2n1. The minimum Gasteiger partial charge on any atom is -0.439 e. The van der Waals surface area contributed by atoms with Crippen molar-refractivity contribution in [2.45, 2.75) is 6.92 Å². The molecular formula is C17H11ClN2O. The van der Waals surface area contributed by atoms with Crippen LogP contribution in [0.3, 0.4) is 0 Å². The van der Waals surface area contributed by atoms with Crippen molar-refractivity contribution in [1.82, 2.24) is 4.98 Å². The molecular weight excluding hydrogens is 284 g/mol. The van der Waals surface area contributed by atoms with E-state index in [4.69, 9.17) is 16.3 Å². The highest BCUT2D eigenvalue weighted by Crippen LogP contribution is 2.29. The van der Waals surface area contributed by atoms with Gasteiger partial charge >= 0.3 is 0 Å². The van der Waals surface area contributed by atoms with E-state index in [-0.39, 0.29) is 0 Å². The third-order valence-electron chi connectivity index (χ3n) is 3.18. The number of aryl methyl sites for hydroxylation is 1. The molecule has 0 fully saturated rings. The van der Waals surface area contributed by atoms with E-state index in [0.29, 0.717) is 22.2 Å². The summed E-state index contributed by atoms with van der Waals surface area (Å²) in [5, 5.41) is 10.7. The van der Waals surface area contributed by atoms with Crippen molar-refractivity contribution in [2.75, 3.05) is 0 Å². The Labute approximate surface area is 127 Å². The first-order chi connectivity index (χ1) is 10.2. The Kier molecular flexibility index (Phi) is 3.47. The summed E-state index contributed by atoms with van der Waals surface area (Å²) in [6, 6.07) is 16.7. The summed E-state index contributed by atoms with van der Waals surface area (Å²) >= 11 is 5.98. The van der Waals surface area contributed by atoms with Gasteiger partial charge in [-0.3, -0.25) is 0 Å². The van der Waals surface area contributed by atoms with Gasteiger partial charge in [0.25, 0.3) is 0 Å². The summed E-state index contributed by atoms with van der Waals surface area (Å²) in [6.45, 7) is 1.93. The molecule has 21 heavy (non-hydrogen) atoms. The number of hydrogen-bond donors (Lipinski definition) is 0. The van der Waals surface area contributed by atoms with Crippen LogP contribution in [0.15, 0.2) is 48.5 Å². The van der Waals surface area contributed by atoms with Crippen molar-refractivity contribution in [3.05, 3.63) is 64.7 Å². The Morgan fingerprint density at radius 3 is 2.76 bits per heavy atom. The lowest BCUT2D eigenvalue weighted by Crippen LogP contribution is -1.93. The zero-order valence-corrected chi connectivity index (χ0v) is 12.1.